The van der Waals surface area contributed by atoms with Crippen molar-refractivity contribution in [2.45, 2.75) is 6.42 Å². The third-order valence-corrected chi connectivity index (χ3v) is 1.98. The maximum atomic E-state index is 11.0. The fourth-order valence-electron chi connectivity index (χ4n) is 1.02. The van der Waals surface area contributed by atoms with Crippen LogP contribution < -0.4 is 5.32 Å². The molecule has 0 spiro atoms. The zero-order valence-corrected chi connectivity index (χ0v) is 8.91. The lowest BCUT2D eigenvalue weighted by Crippen LogP contribution is -2.21. The Hall–Kier alpha value is -1.07. The molecule has 0 aliphatic heterocycles. The van der Waals surface area contributed by atoms with Crippen LogP contribution in [0, 0.1) is 0 Å². The number of carbonyl (C=O) groups is 2. The second-order valence-corrected chi connectivity index (χ2v) is 3.82. The SMILES string of the molecule is O=C1C=CC(CCNC(=S)[S-])=CC1=O. The van der Waals surface area contributed by atoms with Gasteiger partial charge in [-0.2, -0.15) is 0 Å². The van der Waals surface area contributed by atoms with Crippen molar-refractivity contribution in [3.8, 4) is 0 Å². The van der Waals surface area contributed by atoms with E-state index >= 15 is 0 Å². The first-order valence-electron chi connectivity index (χ1n) is 4.01. The van der Waals surface area contributed by atoms with Gasteiger partial charge in [0.15, 0.2) is 0 Å². The van der Waals surface area contributed by atoms with Crippen LogP contribution in [0.4, 0.5) is 0 Å². The van der Waals surface area contributed by atoms with Crippen LogP contribution in [0.2, 0.25) is 0 Å². The largest absolute Gasteiger partial charge is 0.412 e. The number of ketones is 2. The van der Waals surface area contributed by atoms with Gasteiger partial charge < -0.3 is 30.2 Å². The minimum absolute atomic E-state index is 0.313. The van der Waals surface area contributed by atoms with Gasteiger partial charge >= 0.3 is 0 Å². The Balaban J connectivity index is 2.43. The zero-order chi connectivity index (χ0) is 10.6. The van der Waals surface area contributed by atoms with Crippen LogP contribution in [0.15, 0.2) is 23.8 Å². The molecule has 14 heavy (non-hydrogen) atoms. The lowest BCUT2D eigenvalue weighted by molar-refractivity contribution is -0.131. The van der Waals surface area contributed by atoms with Crippen molar-refractivity contribution in [2.75, 3.05) is 6.54 Å². The van der Waals surface area contributed by atoms with Crippen molar-refractivity contribution in [2.24, 2.45) is 0 Å². The Labute approximate surface area is 92.7 Å². The number of allylic oxidation sites excluding steroid dienone is 3. The quantitative estimate of drug-likeness (QED) is 0.327. The lowest BCUT2D eigenvalue weighted by atomic mass is 10.0. The van der Waals surface area contributed by atoms with Crippen LogP contribution >= 0.6 is 12.2 Å². The maximum absolute atomic E-state index is 11.0. The first kappa shape index (κ1) is 11.0. The molecule has 0 aromatic rings. The maximum Gasteiger partial charge on any atom is 0.225 e. The minimum Gasteiger partial charge on any atom is -0.412 e. The van der Waals surface area contributed by atoms with Gasteiger partial charge in [0.1, 0.15) is 0 Å². The lowest BCUT2D eigenvalue weighted by Gasteiger charge is -2.10. The first-order chi connectivity index (χ1) is 6.59. The highest BCUT2D eigenvalue weighted by Crippen LogP contribution is 2.08. The van der Waals surface area contributed by atoms with Crippen molar-refractivity contribution in [3.63, 3.8) is 0 Å². The number of hydrogen-bond donors (Lipinski definition) is 1. The second kappa shape index (κ2) is 4.97. The van der Waals surface area contributed by atoms with Crippen molar-refractivity contribution in [1.82, 2.24) is 5.32 Å². The Kier molecular flexibility index (Phi) is 3.91. The van der Waals surface area contributed by atoms with E-state index in [-0.39, 0.29) is 0 Å². The van der Waals surface area contributed by atoms with Crippen LogP contribution in [-0.2, 0) is 22.2 Å². The van der Waals surface area contributed by atoms with Gasteiger partial charge in [0, 0.05) is 6.54 Å². The van der Waals surface area contributed by atoms with Gasteiger partial charge in [-0.3, -0.25) is 9.59 Å². The topological polar surface area (TPSA) is 46.2 Å². The average Bonchev–Trinajstić information content (AvgIpc) is 2.10. The minimum atomic E-state index is -0.472. The van der Waals surface area contributed by atoms with E-state index in [1.54, 1.807) is 6.08 Å². The Morgan fingerprint density at radius 2 is 2.07 bits per heavy atom. The molecule has 0 radical (unpaired) electrons. The molecule has 0 saturated carbocycles. The predicted octanol–water partition coefficient (Wildman–Crippen LogP) is 0.432. The van der Waals surface area contributed by atoms with Crippen LogP contribution in [0.25, 0.3) is 0 Å². The number of rotatable bonds is 3. The van der Waals surface area contributed by atoms with E-state index in [2.05, 4.69) is 30.2 Å². The predicted molar refractivity (Wildman–Crippen MR) is 59.8 cm³/mol. The summed E-state index contributed by atoms with van der Waals surface area (Å²) in [6.07, 6.45) is 4.89. The number of carbonyl (C=O) groups excluding carboxylic acids is 2. The highest BCUT2D eigenvalue weighted by molar-refractivity contribution is 8.00. The summed E-state index contributed by atoms with van der Waals surface area (Å²) in [7, 11) is 0. The number of thiocarbonyl (C=S) groups is 1. The van der Waals surface area contributed by atoms with E-state index in [1.165, 1.54) is 12.2 Å². The van der Waals surface area contributed by atoms with E-state index in [1.807, 2.05) is 0 Å². The molecule has 1 aliphatic rings. The molecule has 0 aromatic carbocycles. The molecule has 0 bridgehead atoms. The van der Waals surface area contributed by atoms with Gasteiger partial charge in [0.2, 0.25) is 11.6 Å². The third kappa shape index (κ3) is 3.35. The second-order valence-electron chi connectivity index (χ2n) is 2.75. The van der Waals surface area contributed by atoms with Gasteiger partial charge in [0.05, 0.1) is 0 Å². The summed E-state index contributed by atoms with van der Waals surface area (Å²) in [6.45, 7) is 0.583. The molecular formula is C9H8NO2S2-. The summed E-state index contributed by atoms with van der Waals surface area (Å²) in [6, 6.07) is 0. The zero-order valence-electron chi connectivity index (χ0n) is 7.28. The summed E-state index contributed by atoms with van der Waals surface area (Å²) in [5.74, 6) is -0.941. The van der Waals surface area contributed by atoms with Gasteiger partial charge in [-0.25, -0.2) is 0 Å². The van der Waals surface area contributed by atoms with Crippen molar-refractivity contribution < 1.29 is 9.59 Å². The molecule has 5 heteroatoms. The molecule has 0 heterocycles. The number of nitrogens with one attached hydrogen (secondary N) is 1. The molecule has 3 nitrogen and oxygen atoms in total. The van der Waals surface area contributed by atoms with Gasteiger partial charge in [-0.05, 0) is 24.1 Å². The molecule has 1 rings (SSSR count). The highest BCUT2D eigenvalue weighted by Gasteiger charge is 2.12. The fourth-order valence-corrected chi connectivity index (χ4v) is 1.22. The summed E-state index contributed by atoms with van der Waals surface area (Å²) in [5.41, 5.74) is 0.813. The van der Waals surface area contributed by atoms with E-state index in [0.29, 0.717) is 17.3 Å². The van der Waals surface area contributed by atoms with E-state index in [0.717, 1.165) is 5.57 Å². The highest BCUT2D eigenvalue weighted by atomic mass is 32.1. The molecular weight excluding hydrogens is 218 g/mol. The molecule has 1 N–H and O–H groups in total. The summed E-state index contributed by atoms with van der Waals surface area (Å²) in [5, 5.41) is 2.79. The molecule has 1 aliphatic carbocycles. The summed E-state index contributed by atoms with van der Waals surface area (Å²) < 4.78 is 0.313. The standard InChI is InChI=1S/C9H9NO2S2/c11-7-2-1-6(5-8(7)12)3-4-10-9(13)14/h1-2,5H,3-4H2,(H2,10,13,14)/p-1. The Morgan fingerprint density at radius 1 is 1.36 bits per heavy atom. The van der Waals surface area contributed by atoms with Gasteiger partial charge in [-0.1, -0.05) is 10.4 Å². The fraction of sp³-hybridized carbons (Fsp3) is 0.222. The van der Waals surface area contributed by atoms with Crippen LogP contribution in [-0.4, -0.2) is 22.4 Å². The Bertz CT molecular complexity index is 345. The molecule has 0 atom stereocenters. The molecule has 74 valence electrons. The molecule has 0 aromatic heterocycles. The molecule has 0 saturated heterocycles. The van der Waals surface area contributed by atoms with Crippen molar-refractivity contribution >= 4 is 40.7 Å². The van der Waals surface area contributed by atoms with E-state index in [4.69, 9.17) is 0 Å². The first-order valence-corrected chi connectivity index (χ1v) is 4.83. The average molecular weight is 226 g/mol. The van der Waals surface area contributed by atoms with E-state index in [9.17, 15) is 9.59 Å². The van der Waals surface area contributed by atoms with Gasteiger partial charge in [-0.15, -0.1) is 0 Å². The van der Waals surface area contributed by atoms with Crippen LogP contribution in [0.1, 0.15) is 6.42 Å². The van der Waals surface area contributed by atoms with Gasteiger partial charge in [0.25, 0.3) is 0 Å². The van der Waals surface area contributed by atoms with Crippen molar-refractivity contribution in [1.29, 1.82) is 0 Å². The molecule has 0 fully saturated rings. The third-order valence-electron chi connectivity index (χ3n) is 1.69. The van der Waals surface area contributed by atoms with Crippen molar-refractivity contribution in [3.05, 3.63) is 23.8 Å². The normalized spacial score (nSPS) is 15.3. The summed E-state index contributed by atoms with van der Waals surface area (Å²) >= 11 is 9.30. The summed E-state index contributed by atoms with van der Waals surface area (Å²) in [4.78, 5) is 21.7. The Morgan fingerprint density at radius 3 is 2.64 bits per heavy atom. The monoisotopic (exact) mass is 226 g/mol. The van der Waals surface area contributed by atoms with Crippen LogP contribution in [0.5, 0.6) is 0 Å². The van der Waals surface area contributed by atoms with Crippen LogP contribution in [0.3, 0.4) is 0 Å². The molecule has 0 unspecified atom stereocenters. The number of hydrogen-bond acceptors (Lipinski definition) is 4. The van der Waals surface area contributed by atoms with E-state index < -0.39 is 11.6 Å². The smallest absolute Gasteiger partial charge is 0.225 e. The molecule has 0 amide bonds.